The van der Waals surface area contributed by atoms with Crippen LogP contribution in [-0.2, 0) is 6.42 Å². The maximum absolute atomic E-state index is 5.49. The highest BCUT2D eigenvalue weighted by atomic mass is 35.5. The van der Waals surface area contributed by atoms with Crippen LogP contribution < -0.4 is 26.9 Å². The number of hydrogen-bond acceptors (Lipinski definition) is 2. The third kappa shape index (κ3) is 2.83. The molecule has 2 heterocycles. The van der Waals surface area contributed by atoms with Gasteiger partial charge in [-0.3, -0.25) is 0 Å². The largest absolute Gasteiger partial charge is 1.00 e. The van der Waals surface area contributed by atoms with Crippen molar-refractivity contribution < 1.29 is 26.9 Å². The number of pyridine rings is 1. The quantitative estimate of drug-likeness (QED) is 0.757. The second kappa shape index (κ2) is 5.13. The molecular formula is C16H20ClNO2. The van der Waals surface area contributed by atoms with E-state index in [1.165, 1.54) is 22.2 Å². The van der Waals surface area contributed by atoms with Gasteiger partial charge in [0.25, 0.3) is 0 Å². The van der Waals surface area contributed by atoms with Gasteiger partial charge in [0, 0.05) is 19.4 Å². The number of H-pyrrole nitrogens is 1. The first-order valence-electron chi connectivity index (χ1n) is 6.67. The van der Waals surface area contributed by atoms with E-state index >= 15 is 0 Å². The van der Waals surface area contributed by atoms with Crippen molar-refractivity contribution in [1.82, 2.24) is 0 Å². The van der Waals surface area contributed by atoms with E-state index in [2.05, 4.69) is 50.9 Å². The second-order valence-electron chi connectivity index (χ2n) is 6.46. The SMILES string of the molecule is Cc1cc2cc3c(cc2c(CC(C)(C)C)[nH+]1)OCO3.[Cl-]. The number of benzene rings is 1. The summed E-state index contributed by atoms with van der Waals surface area (Å²) in [5.41, 5.74) is 2.68. The molecule has 0 bridgehead atoms. The number of aryl methyl sites for hydroxylation is 1. The molecule has 3 nitrogen and oxygen atoms in total. The average molecular weight is 294 g/mol. The van der Waals surface area contributed by atoms with Crippen molar-refractivity contribution in [1.29, 1.82) is 0 Å². The Morgan fingerprint density at radius 1 is 1.10 bits per heavy atom. The molecular weight excluding hydrogens is 274 g/mol. The highest BCUT2D eigenvalue weighted by Gasteiger charge is 2.22. The molecule has 0 saturated carbocycles. The number of nitrogens with one attached hydrogen (secondary N) is 1. The number of rotatable bonds is 1. The Morgan fingerprint density at radius 3 is 2.40 bits per heavy atom. The van der Waals surface area contributed by atoms with Crippen molar-refractivity contribution in [3.05, 3.63) is 29.6 Å². The van der Waals surface area contributed by atoms with Gasteiger partial charge < -0.3 is 21.9 Å². The van der Waals surface area contributed by atoms with E-state index in [4.69, 9.17) is 9.47 Å². The summed E-state index contributed by atoms with van der Waals surface area (Å²) in [6, 6.07) is 6.32. The summed E-state index contributed by atoms with van der Waals surface area (Å²) < 4.78 is 10.9. The number of aromatic amines is 1. The Morgan fingerprint density at radius 2 is 1.75 bits per heavy atom. The van der Waals surface area contributed by atoms with Gasteiger partial charge in [0.05, 0.1) is 5.39 Å². The normalized spacial score (nSPS) is 13.4. The van der Waals surface area contributed by atoms with Crippen LogP contribution in [0.2, 0.25) is 0 Å². The molecule has 0 radical (unpaired) electrons. The molecule has 2 aromatic rings. The predicted molar refractivity (Wildman–Crippen MR) is 74.5 cm³/mol. The highest BCUT2D eigenvalue weighted by molar-refractivity contribution is 5.87. The van der Waals surface area contributed by atoms with Crippen LogP contribution in [0, 0.1) is 12.3 Å². The van der Waals surface area contributed by atoms with Crippen LogP contribution in [0.3, 0.4) is 0 Å². The summed E-state index contributed by atoms with van der Waals surface area (Å²) in [5, 5.41) is 2.43. The first-order chi connectivity index (χ1) is 8.92. The van der Waals surface area contributed by atoms with E-state index in [9.17, 15) is 0 Å². The molecule has 0 aliphatic carbocycles. The zero-order valence-corrected chi connectivity index (χ0v) is 13.1. The standard InChI is InChI=1S/C16H19NO2.ClH/c1-10-5-11-6-14-15(19-9-18-14)7-12(11)13(17-10)8-16(2,3)4;/h5-7H,8-9H2,1-4H3;1H. The van der Waals surface area contributed by atoms with Crippen LogP contribution in [0.15, 0.2) is 18.2 Å². The Hall–Kier alpha value is -1.48. The Labute approximate surface area is 125 Å². The van der Waals surface area contributed by atoms with Gasteiger partial charge >= 0.3 is 0 Å². The van der Waals surface area contributed by atoms with Crippen molar-refractivity contribution in [2.75, 3.05) is 6.79 Å². The molecule has 0 atom stereocenters. The third-order valence-corrected chi connectivity index (χ3v) is 3.30. The molecule has 1 aromatic heterocycles. The zero-order chi connectivity index (χ0) is 13.6. The lowest BCUT2D eigenvalue weighted by atomic mass is 9.88. The fourth-order valence-corrected chi connectivity index (χ4v) is 2.58. The molecule has 4 heteroatoms. The Kier molecular flexibility index (Phi) is 3.83. The van der Waals surface area contributed by atoms with E-state index in [1.54, 1.807) is 0 Å². The van der Waals surface area contributed by atoms with Gasteiger partial charge in [0.2, 0.25) is 6.79 Å². The van der Waals surface area contributed by atoms with Crippen LogP contribution in [0.4, 0.5) is 0 Å². The van der Waals surface area contributed by atoms with Gasteiger partial charge in [-0.25, -0.2) is 4.98 Å². The number of halogens is 1. The van der Waals surface area contributed by atoms with Crippen molar-refractivity contribution in [3.63, 3.8) is 0 Å². The number of ether oxygens (including phenoxy) is 2. The van der Waals surface area contributed by atoms with Gasteiger partial charge in [-0.1, -0.05) is 20.8 Å². The lowest BCUT2D eigenvalue weighted by molar-refractivity contribution is -0.398. The third-order valence-electron chi connectivity index (χ3n) is 3.30. The number of aromatic nitrogens is 1. The molecule has 0 amide bonds. The molecule has 0 fully saturated rings. The summed E-state index contributed by atoms with van der Waals surface area (Å²) in [6.45, 7) is 9.17. The molecule has 1 aromatic carbocycles. The van der Waals surface area contributed by atoms with E-state index in [-0.39, 0.29) is 17.8 Å². The van der Waals surface area contributed by atoms with Crippen LogP contribution >= 0.6 is 0 Å². The number of fused-ring (bicyclic) bond motifs is 2. The van der Waals surface area contributed by atoms with Gasteiger partial charge in [0.1, 0.15) is 0 Å². The average Bonchev–Trinajstić information content (AvgIpc) is 2.71. The van der Waals surface area contributed by atoms with Crippen LogP contribution in [0.25, 0.3) is 10.8 Å². The highest BCUT2D eigenvalue weighted by Crippen LogP contribution is 2.37. The molecule has 3 rings (SSSR count). The lowest BCUT2D eigenvalue weighted by Gasteiger charge is -2.16. The molecule has 1 aliphatic heterocycles. The van der Waals surface area contributed by atoms with E-state index in [0.29, 0.717) is 6.79 Å². The van der Waals surface area contributed by atoms with Crippen molar-refractivity contribution in [3.8, 4) is 11.5 Å². The fraction of sp³-hybridized carbons (Fsp3) is 0.438. The summed E-state index contributed by atoms with van der Waals surface area (Å²) in [6.07, 6.45) is 1.00. The van der Waals surface area contributed by atoms with Crippen molar-refractivity contribution >= 4 is 10.8 Å². The smallest absolute Gasteiger partial charge is 0.231 e. The van der Waals surface area contributed by atoms with E-state index in [1.807, 2.05) is 0 Å². The van der Waals surface area contributed by atoms with Crippen LogP contribution in [-0.4, -0.2) is 6.79 Å². The molecule has 0 spiro atoms. The molecule has 1 N–H and O–H groups in total. The summed E-state index contributed by atoms with van der Waals surface area (Å²) in [5.74, 6) is 1.69. The zero-order valence-electron chi connectivity index (χ0n) is 12.3. The van der Waals surface area contributed by atoms with Gasteiger partial charge in [0.15, 0.2) is 22.9 Å². The van der Waals surface area contributed by atoms with Crippen molar-refractivity contribution in [2.45, 2.75) is 34.1 Å². The first kappa shape index (κ1) is 14.9. The topological polar surface area (TPSA) is 32.6 Å². The monoisotopic (exact) mass is 293 g/mol. The molecule has 108 valence electrons. The van der Waals surface area contributed by atoms with Gasteiger partial charge in [-0.2, -0.15) is 0 Å². The van der Waals surface area contributed by atoms with E-state index < -0.39 is 0 Å². The van der Waals surface area contributed by atoms with Crippen LogP contribution in [0.5, 0.6) is 11.5 Å². The lowest BCUT2D eigenvalue weighted by Crippen LogP contribution is -3.00. The summed E-state index contributed by atoms with van der Waals surface area (Å²) in [4.78, 5) is 3.50. The van der Waals surface area contributed by atoms with E-state index in [0.717, 1.165) is 17.9 Å². The van der Waals surface area contributed by atoms with Crippen LogP contribution in [0.1, 0.15) is 32.2 Å². The maximum Gasteiger partial charge on any atom is 0.231 e. The van der Waals surface area contributed by atoms with Crippen molar-refractivity contribution in [2.24, 2.45) is 5.41 Å². The molecule has 0 unspecified atom stereocenters. The van der Waals surface area contributed by atoms with Gasteiger partial charge in [-0.15, -0.1) is 0 Å². The molecule has 0 saturated heterocycles. The summed E-state index contributed by atoms with van der Waals surface area (Å²) in [7, 11) is 0. The minimum Gasteiger partial charge on any atom is -1.00 e. The minimum absolute atomic E-state index is 0. The maximum atomic E-state index is 5.49. The number of hydrogen-bond donors (Lipinski definition) is 0. The second-order valence-corrected chi connectivity index (χ2v) is 6.46. The predicted octanol–water partition coefficient (Wildman–Crippen LogP) is 0.284. The minimum atomic E-state index is 0. The summed E-state index contributed by atoms with van der Waals surface area (Å²) >= 11 is 0. The Bertz CT molecular complexity index is 647. The van der Waals surface area contributed by atoms with Gasteiger partial charge in [-0.05, 0) is 22.9 Å². The first-order valence-corrected chi connectivity index (χ1v) is 6.67. The molecule has 20 heavy (non-hydrogen) atoms. The molecule has 1 aliphatic rings. The fourth-order valence-electron chi connectivity index (χ4n) is 2.58. The Balaban J connectivity index is 0.00000147.